The number of amidine groups is 1. The third-order valence-corrected chi connectivity index (χ3v) is 8.23. The van der Waals surface area contributed by atoms with Gasteiger partial charge in [-0.1, -0.05) is 42.8 Å². The van der Waals surface area contributed by atoms with Gasteiger partial charge in [0.15, 0.2) is 0 Å². The topological polar surface area (TPSA) is 88.2 Å². The number of benzene rings is 2. The van der Waals surface area contributed by atoms with Crippen LogP contribution in [-0.4, -0.2) is 60.8 Å². The number of rotatable bonds is 10. The van der Waals surface area contributed by atoms with Crippen LogP contribution in [0.25, 0.3) is 0 Å². The molecule has 1 unspecified atom stereocenters. The number of aliphatic imine (C=N–C) groups is 1. The Labute approximate surface area is 234 Å². The van der Waals surface area contributed by atoms with E-state index in [2.05, 4.69) is 9.89 Å². The molecule has 2 aliphatic rings. The molecule has 2 heterocycles. The molecule has 2 aromatic carbocycles. The van der Waals surface area contributed by atoms with E-state index in [-0.39, 0.29) is 17.1 Å². The van der Waals surface area contributed by atoms with E-state index in [0.717, 1.165) is 50.5 Å². The van der Waals surface area contributed by atoms with Crippen LogP contribution in [0.4, 0.5) is 8.78 Å². The number of nitrogens with zero attached hydrogens (tertiary/aromatic N) is 3. The third-order valence-electron chi connectivity index (χ3n) is 8.23. The fraction of sp³-hybridized carbons (Fsp3) is 0.452. The highest BCUT2D eigenvalue weighted by Crippen LogP contribution is 2.38. The first-order valence-electron chi connectivity index (χ1n) is 13.8. The molecule has 0 saturated carbocycles. The Kier molecular flexibility index (Phi) is 9.35. The number of hydrogen-bond donors (Lipinski definition) is 1. The Hall–Kier alpha value is -3.59. The summed E-state index contributed by atoms with van der Waals surface area (Å²) in [4.78, 5) is 33.9. The van der Waals surface area contributed by atoms with Crippen molar-refractivity contribution in [3.8, 4) is 0 Å². The van der Waals surface area contributed by atoms with Crippen LogP contribution in [0.1, 0.15) is 63.1 Å². The van der Waals surface area contributed by atoms with Crippen molar-refractivity contribution in [1.82, 2.24) is 9.80 Å². The van der Waals surface area contributed by atoms with Gasteiger partial charge in [-0.3, -0.25) is 9.59 Å². The van der Waals surface area contributed by atoms with Crippen molar-refractivity contribution in [2.45, 2.75) is 57.4 Å². The van der Waals surface area contributed by atoms with Crippen molar-refractivity contribution in [3.63, 3.8) is 0 Å². The molecule has 2 aliphatic heterocycles. The number of hydrogen-bond acceptors (Lipinski definition) is 6. The lowest BCUT2D eigenvalue weighted by atomic mass is 9.72. The molecule has 7 nitrogen and oxygen atoms in total. The van der Waals surface area contributed by atoms with E-state index in [9.17, 15) is 18.4 Å². The lowest BCUT2D eigenvalue weighted by Crippen LogP contribution is -2.48. The highest BCUT2D eigenvalue weighted by molar-refractivity contribution is 5.97. The van der Waals surface area contributed by atoms with Gasteiger partial charge in [0.05, 0.1) is 29.8 Å². The van der Waals surface area contributed by atoms with E-state index >= 15 is 0 Å². The number of unbranched alkanes of at least 4 members (excludes halogenated alkanes) is 2. The molecule has 1 saturated heterocycles. The third kappa shape index (κ3) is 6.09. The number of carbonyl (C=O) groups is 2. The van der Waals surface area contributed by atoms with Crippen LogP contribution in [0.2, 0.25) is 0 Å². The minimum atomic E-state index is -0.762. The van der Waals surface area contributed by atoms with Crippen molar-refractivity contribution < 1.29 is 23.1 Å². The van der Waals surface area contributed by atoms with Crippen LogP contribution < -0.4 is 5.73 Å². The average Bonchev–Trinajstić information content (AvgIpc) is 2.94. The highest BCUT2D eigenvalue weighted by Gasteiger charge is 2.43. The van der Waals surface area contributed by atoms with E-state index < -0.39 is 29.0 Å². The van der Waals surface area contributed by atoms with Crippen LogP contribution in [0.3, 0.4) is 0 Å². The second-order valence-electron chi connectivity index (χ2n) is 10.6. The van der Waals surface area contributed by atoms with Crippen molar-refractivity contribution >= 4 is 17.7 Å². The van der Waals surface area contributed by atoms with Crippen LogP contribution in [-0.2, 0) is 19.7 Å². The number of allylic oxidation sites excluding steroid dienone is 1. The average molecular weight is 553 g/mol. The number of ether oxygens (including phenoxy) is 1. The molecule has 0 aliphatic carbocycles. The van der Waals surface area contributed by atoms with E-state index in [4.69, 9.17) is 10.5 Å². The first kappa shape index (κ1) is 29.4. The minimum absolute atomic E-state index is 0.177. The number of primary amides is 1. The van der Waals surface area contributed by atoms with Gasteiger partial charge in [0, 0.05) is 18.2 Å². The molecular weight excluding hydrogens is 514 g/mol. The number of amides is 1. The molecular formula is C31H38F2N4O3. The predicted molar refractivity (Wildman–Crippen MR) is 150 cm³/mol. The largest absolute Gasteiger partial charge is 0.468 e. The van der Waals surface area contributed by atoms with Gasteiger partial charge >= 0.3 is 5.97 Å². The number of esters is 1. The quantitative estimate of drug-likeness (QED) is 0.336. The Morgan fingerprint density at radius 3 is 2.33 bits per heavy atom. The van der Waals surface area contributed by atoms with E-state index in [1.54, 1.807) is 6.92 Å². The number of halogens is 2. The van der Waals surface area contributed by atoms with Gasteiger partial charge in [0.25, 0.3) is 0 Å². The van der Waals surface area contributed by atoms with Gasteiger partial charge in [-0.15, -0.1) is 0 Å². The first-order valence-corrected chi connectivity index (χ1v) is 13.8. The van der Waals surface area contributed by atoms with E-state index in [1.165, 1.54) is 19.2 Å². The molecule has 0 radical (unpaired) electrons. The molecule has 40 heavy (non-hydrogen) atoms. The summed E-state index contributed by atoms with van der Waals surface area (Å²) in [6.07, 6.45) is 4.07. The minimum Gasteiger partial charge on any atom is -0.468 e. The van der Waals surface area contributed by atoms with Crippen LogP contribution >= 0.6 is 0 Å². The van der Waals surface area contributed by atoms with Crippen LogP contribution in [0, 0.1) is 11.6 Å². The van der Waals surface area contributed by atoms with Gasteiger partial charge in [0.2, 0.25) is 5.91 Å². The maximum absolute atomic E-state index is 14.9. The normalized spacial score (nSPS) is 19.4. The zero-order valence-corrected chi connectivity index (χ0v) is 23.5. The maximum atomic E-state index is 14.9. The summed E-state index contributed by atoms with van der Waals surface area (Å²) >= 11 is 0. The zero-order valence-electron chi connectivity index (χ0n) is 23.5. The van der Waals surface area contributed by atoms with Crippen LogP contribution in [0.15, 0.2) is 64.8 Å². The molecule has 2 aromatic rings. The monoisotopic (exact) mass is 552 g/mol. The SMILES string of the molecule is COC(=O)C1(c2ccccc2)CCN(CCCCCN2C(C)=NC(C)=C(C(N)=O)C2c2ccc(F)cc2F)CC1. The molecule has 1 fully saturated rings. The number of likely N-dealkylation sites (tertiary alicyclic amines) is 1. The van der Waals surface area contributed by atoms with Crippen molar-refractivity contribution in [2.24, 2.45) is 10.7 Å². The molecule has 9 heteroatoms. The van der Waals surface area contributed by atoms with Gasteiger partial charge in [-0.25, -0.2) is 13.8 Å². The second-order valence-corrected chi connectivity index (χ2v) is 10.6. The molecule has 4 rings (SSSR count). The predicted octanol–water partition coefficient (Wildman–Crippen LogP) is 4.88. The Morgan fingerprint density at radius 1 is 1.02 bits per heavy atom. The van der Waals surface area contributed by atoms with Gasteiger partial charge in [-0.05, 0) is 70.8 Å². The number of carbonyl (C=O) groups excluding carboxylic acids is 2. The van der Waals surface area contributed by atoms with Gasteiger partial charge in [0.1, 0.15) is 17.5 Å². The standard InChI is InChI=1S/C31H38F2N4O3/c1-21-27(29(34)38)28(25-13-12-24(32)20-26(25)33)37(22(2)35-21)17-9-5-8-16-36-18-14-31(15-19-36,30(39)40-3)23-10-6-4-7-11-23/h4,6-7,10-13,20,28H,5,8-9,14-19H2,1-3H3,(H2,34,38). The molecule has 0 bridgehead atoms. The fourth-order valence-corrected chi connectivity index (χ4v) is 6.07. The first-order chi connectivity index (χ1) is 19.2. The lowest BCUT2D eigenvalue weighted by molar-refractivity contribution is -0.149. The number of methoxy groups -OCH3 is 1. The Morgan fingerprint density at radius 2 is 1.70 bits per heavy atom. The van der Waals surface area contributed by atoms with E-state index in [0.29, 0.717) is 30.9 Å². The summed E-state index contributed by atoms with van der Waals surface area (Å²) < 4.78 is 33.7. The summed E-state index contributed by atoms with van der Waals surface area (Å²) in [5, 5.41) is 0. The van der Waals surface area contributed by atoms with Crippen molar-refractivity contribution in [3.05, 3.63) is 82.6 Å². The summed E-state index contributed by atoms with van der Waals surface area (Å²) in [6, 6.07) is 12.5. The zero-order chi connectivity index (χ0) is 28.9. The number of piperidine rings is 1. The van der Waals surface area contributed by atoms with Gasteiger partial charge in [-0.2, -0.15) is 0 Å². The molecule has 1 atom stereocenters. The second kappa shape index (κ2) is 12.7. The summed E-state index contributed by atoms with van der Waals surface area (Å²) in [5.41, 5.74) is 6.95. The highest BCUT2D eigenvalue weighted by atomic mass is 19.1. The lowest BCUT2D eigenvalue weighted by Gasteiger charge is -2.40. The Balaban J connectivity index is 1.35. The molecule has 0 spiro atoms. The molecule has 2 N–H and O–H groups in total. The summed E-state index contributed by atoms with van der Waals surface area (Å²) in [7, 11) is 1.45. The summed E-state index contributed by atoms with van der Waals surface area (Å²) in [5.74, 6) is -1.59. The van der Waals surface area contributed by atoms with E-state index in [1.807, 2.05) is 42.2 Å². The number of nitrogens with two attached hydrogens (primary N) is 1. The van der Waals surface area contributed by atoms with Crippen molar-refractivity contribution in [1.29, 1.82) is 0 Å². The smallest absolute Gasteiger partial charge is 0.316 e. The summed E-state index contributed by atoms with van der Waals surface area (Å²) in [6.45, 7) is 6.56. The Bertz CT molecular complexity index is 1290. The maximum Gasteiger partial charge on any atom is 0.316 e. The van der Waals surface area contributed by atoms with Crippen LogP contribution in [0.5, 0.6) is 0 Å². The molecule has 214 valence electrons. The molecule has 1 amide bonds. The van der Waals surface area contributed by atoms with Crippen molar-refractivity contribution in [2.75, 3.05) is 33.3 Å². The molecule has 0 aromatic heterocycles. The van der Waals surface area contributed by atoms with Gasteiger partial charge < -0.3 is 20.3 Å². The fourth-order valence-electron chi connectivity index (χ4n) is 6.07.